The van der Waals surface area contributed by atoms with Crippen molar-refractivity contribution < 1.29 is 14.3 Å². The molecule has 0 bridgehead atoms. The first kappa shape index (κ1) is 24.4. The van der Waals surface area contributed by atoms with Gasteiger partial charge in [0.25, 0.3) is 0 Å². The number of aromatic amines is 1. The highest BCUT2D eigenvalue weighted by Gasteiger charge is 2.28. The molecule has 0 spiro atoms. The summed E-state index contributed by atoms with van der Waals surface area (Å²) in [6.45, 7) is 7.95. The third-order valence-corrected chi connectivity index (χ3v) is 6.73. The number of pyridine rings is 1. The summed E-state index contributed by atoms with van der Waals surface area (Å²) in [7, 11) is 0. The Morgan fingerprint density at radius 1 is 1.09 bits per heavy atom. The molecule has 0 aliphatic heterocycles. The van der Waals surface area contributed by atoms with Gasteiger partial charge in [-0.2, -0.15) is 0 Å². The van der Waals surface area contributed by atoms with Crippen LogP contribution in [0.5, 0.6) is 0 Å². The highest BCUT2D eigenvalue weighted by molar-refractivity contribution is 8.00. The second-order valence-electron chi connectivity index (χ2n) is 8.08. The lowest BCUT2D eigenvalue weighted by Crippen LogP contribution is -2.17. The third kappa shape index (κ3) is 5.19. The van der Waals surface area contributed by atoms with E-state index in [1.54, 1.807) is 33.2 Å². The highest BCUT2D eigenvalue weighted by atomic mass is 32.2. The van der Waals surface area contributed by atoms with Crippen LogP contribution < -0.4 is 0 Å². The zero-order valence-corrected chi connectivity index (χ0v) is 20.9. The maximum Gasteiger partial charge on any atom is 0.340 e. The molecule has 0 saturated carbocycles. The van der Waals surface area contributed by atoms with Crippen molar-refractivity contribution in [3.05, 3.63) is 82.9 Å². The summed E-state index contributed by atoms with van der Waals surface area (Å²) >= 11 is 1.34. The highest BCUT2D eigenvalue weighted by Crippen LogP contribution is 2.30. The molecule has 8 nitrogen and oxygen atoms in total. The molecule has 0 fully saturated rings. The van der Waals surface area contributed by atoms with Crippen LogP contribution in [0, 0.1) is 13.8 Å². The fourth-order valence-electron chi connectivity index (χ4n) is 3.92. The minimum absolute atomic E-state index is 0.120. The average Bonchev–Trinajstić information content (AvgIpc) is 3.39. The molecule has 1 atom stereocenters. The van der Waals surface area contributed by atoms with Gasteiger partial charge < -0.3 is 9.72 Å². The number of H-pyrrole nitrogens is 1. The van der Waals surface area contributed by atoms with Gasteiger partial charge in [-0.25, -0.2) is 4.79 Å². The Bertz CT molecular complexity index is 1330. The van der Waals surface area contributed by atoms with E-state index in [-0.39, 0.29) is 12.4 Å². The molecule has 3 aromatic heterocycles. The largest absolute Gasteiger partial charge is 0.462 e. The quantitative estimate of drug-likeness (QED) is 0.203. The van der Waals surface area contributed by atoms with Gasteiger partial charge >= 0.3 is 5.97 Å². The topological polar surface area (TPSA) is 103 Å². The van der Waals surface area contributed by atoms with Gasteiger partial charge in [0.15, 0.2) is 16.8 Å². The molecular weight excluding hydrogens is 462 g/mol. The van der Waals surface area contributed by atoms with E-state index >= 15 is 0 Å². The first-order valence-electron chi connectivity index (χ1n) is 11.3. The number of ketones is 1. The monoisotopic (exact) mass is 489 g/mol. The number of rotatable bonds is 9. The zero-order valence-electron chi connectivity index (χ0n) is 20.1. The number of nitrogens with zero attached hydrogens (tertiary/aromatic N) is 4. The fraction of sp³-hybridized carbons (Fsp3) is 0.269. The van der Waals surface area contributed by atoms with E-state index in [0.717, 1.165) is 11.1 Å². The predicted molar refractivity (Wildman–Crippen MR) is 135 cm³/mol. The van der Waals surface area contributed by atoms with Crippen LogP contribution in [0.4, 0.5) is 0 Å². The summed E-state index contributed by atoms with van der Waals surface area (Å²) < 4.78 is 7.16. The van der Waals surface area contributed by atoms with Crippen LogP contribution in [-0.2, 0) is 11.3 Å². The van der Waals surface area contributed by atoms with Crippen LogP contribution in [0.25, 0.3) is 11.4 Å². The van der Waals surface area contributed by atoms with Gasteiger partial charge in [-0.15, -0.1) is 10.2 Å². The van der Waals surface area contributed by atoms with E-state index < -0.39 is 11.2 Å². The summed E-state index contributed by atoms with van der Waals surface area (Å²) in [6, 6.07) is 13.8. The van der Waals surface area contributed by atoms with Crippen molar-refractivity contribution in [2.45, 2.75) is 44.6 Å². The second kappa shape index (κ2) is 10.7. The molecule has 1 N–H and O–H groups in total. The molecule has 9 heteroatoms. The van der Waals surface area contributed by atoms with Crippen LogP contribution in [0.1, 0.15) is 51.5 Å². The molecular formula is C26H27N5O3S. The van der Waals surface area contributed by atoms with Crippen molar-refractivity contribution in [2.75, 3.05) is 6.61 Å². The van der Waals surface area contributed by atoms with Crippen molar-refractivity contribution >= 4 is 23.5 Å². The lowest BCUT2D eigenvalue weighted by atomic mass is 10.1. The van der Waals surface area contributed by atoms with Gasteiger partial charge in [-0.1, -0.05) is 42.1 Å². The predicted octanol–water partition coefficient (Wildman–Crippen LogP) is 4.87. The van der Waals surface area contributed by atoms with Crippen LogP contribution in [-0.4, -0.2) is 48.3 Å². The van der Waals surface area contributed by atoms with E-state index in [0.29, 0.717) is 40.0 Å². The van der Waals surface area contributed by atoms with Crippen LogP contribution in [0.3, 0.4) is 0 Å². The summed E-state index contributed by atoms with van der Waals surface area (Å²) in [6.07, 6.45) is 3.43. The Labute approximate surface area is 208 Å². The number of aryl methyl sites for hydroxylation is 1. The van der Waals surface area contributed by atoms with Crippen LogP contribution >= 0.6 is 11.8 Å². The molecule has 0 aliphatic carbocycles. The van der Waals surface area contributed by atoms with Crippen LogP contribution in [0.15, 0.2) is 60.0 Å². The van der Waals surface area contributed by atoms with E-state index in [9.17, 15) is 9.59 Å². The maximum absolute atomic E-state index is 13.4. The standard InChI is InChI=1S/C26H27N5O3S/c1-5-34-25(33)21-16(2)22(28-17(21)3)23(32)18(4)35-26-30-29-24(20-11-13-27-14-12-20)31(26)15-19-9-7-6-8-10-19/h6-14,18,28H,5,15H2,1-4H3. The molecule has 1 aromatic carbocycles. The molecule has 0 saturated heterocycles. The SMILES string of the molecule is CCOC(=O)c1c(C)[nH]c(C(=O)C(C)Sc2nnc(-c3ccncc3)n2Cc2ccccc2)c1C. The minimum Gasteiger partial charge on any atom is -0.462 e. The van der Waals surface area contributed by atoms with Gasteiger partial charge in [0.05, 0.1) is 29.7 Å². The smallest absolute Gasteiger partial charge is 0.340 e. The number of benzene rings is 1. The summed E-state index contributed by atoms with van der Waals surface area (Å²) in [5, 5.41) is 9.02. The molecule has 3 heterocycles. The normalized spacial score (nSPS) is 11.9. The number of hydrogen-bond acceptors (Lipinski definition) is 7. The first-order chi connectivity index (χ1) is 16.9. The average molecular weight is 490 g/mol. The lowest BCUT2D eigenvalue weighted by molar-refractivity contribution is 0.0525. The molecule has 4 aromatic rings. The lowest BCUT2D eigenvalue weighted by Gasteiger charge is -2.13. The first-order valence-corrected chi connectivity index (χ1v) is 12.2. The number of Topliss-reactive ketones (excluding diaryl/α,β-unsaturated/α-hetero) is 1. The van der Waals surface area contributed by atoms with E-state index in [1.807, 2.05) is 54.0 Å². The Hall–Kier alpha value is -3.72. The van der Waals surface area contributed by atoms with Crippen LogP contribution in [0.2, 0.25) is 0 Å². The third-order valence-electron chi connectivity index (χ3n) is 5.65. The molecule has 0 aliphatic rings. The number of aromatic nitrogens is 5. The Kier molecular flexibility index (Phi) is 7.45. The number of hydrogen-bond donors (Lipinski definition) is 1. The van der Waals surface area contributed by atoms with Crippen molar-refractivity contribution in [3.8, 4) is 11.4 Å². The number of carbonyl (C=O) groups is 2. The number of esters is 1. The van der Waals surface area contributed by atoms with Crippen molar-refractivity contribution in [3.63, 3.8) is 0 Å². The van der Waals surface area contributed by atoms with Gasteiger partial charge in [-0.3, -0.25) is 14.3 Å². The minimum atomic E-state index is -0.467. The van der Waals surface area contributed by atoms with Gasteiger partial charge in [0.2, 0.25) is 0 Å². The molecule has 35 heavy (non-hydrogen) atoms. The van der Waals surface area contributed by atoms with Crippen molar-refractivity contribution in [1.82, 2.24) is 24.7 Å². The second-order valence-corrected chi connectivity index (χ2v) is 9.39. The Balaban J connectivity index is 1.64. The van der Waals surface area contributed by atoms with E-state index in [4.69, 9.17) is 4.74 Å². The number of ether oxygens (including phenoxy) is 1. The summed E-state index contributed by atoms with van der Waals surface area (Å²) in [4.78, 5) is 32.9. The Morgan fingerprint density at radius 3 is 2.49 bits per heavy atom. The Morgan fingerprint density at radius 2 is 1.80 bits per heavy atom. The molecule has 1 unspecified atom stereocenters. The van der Waals surface area contributed by atoms with Crippen molar-refractivity contribution in [1.29, 1.82) is 0 Å². The summed E-state index contributed by atoms with van der Waals surface area (Å²) in [5.74, 6) is 0.156. The van der Waals surface area contributed by atoms with Gasteiger partial charge in [0.1, 0.15) is 0 Å². The fourth-order valence-corrected chi connectivity index (χ4v) is 4.83. The maximum atomic E-state index is 13.4. The van der Waals surface area contributed by atoms with Gasteiger partial charge in [-0.05, 0) is 51.0 Å². The summed E-state index contributed by atoms with van der Waals surface area (Å²) in [5.41, 5.74) is 4.03. The van der Waals surface area contributed by atoms with E-state index in [1.165, 1.54) is 11.8 Å². The van der Waals surface area contributed by atoms with E-state index in [2.05, 4.69) is 20.2 Å². The number of carbonyl (C=O) groups excluding carboxylic acids is 2. The molecule has 4 rings (SSSR count). The molecule has 0 amide bonds. The molecule has 0 radical (unpaired) electrons. The van der Waals surface area contributed by atoms with Crippen molar-refractivity contribution in [2.24, 2.45) is 0 Å². The zero-order chi connectivity index (χ0) is 24.9. The number of nitrogens with one attached hydrogen (secondary N) is 1. The molecule has 180 valence electrons. The number of thioether (sulfide) groups is 1. The van der Waals surface area contributed by atoms with Gasteiger partial charge in [0, 0.05) is 23.7 Å².